The van der Waals surface area contributed by atoms with E-state index < -0.39 is 4.92 Å². The number of ether oxygens (including phenoxy) is 2. The van der Waals surface area contributed by atoms with Crippen LogP contribution in [-0.4, -0.2) is 43.6 Å². The molecule has 9 heteroatoms. The molecule has 2 aromatic carbocycles. The summed E-state index contributed by atoms with van der Waals surface area (Å²) >= 11 is 0. The Kier molecular flexibility index (Phi) is 8.06. The van der Waals surface area contributed by atoms with Gasteiger partial charge in [-0.1, -0.05) is 12.1 Å². The predicted molar refractivity (Wildman–Crippen MR) is 122 cm³/mol. The monoisotopic (exact) mass is 512 g/mol. The van der Waals surface area contributed by atoms with E-state index in [-0.39, 0.29) is 29.7 Å². The van der Waals surface area contributed by atoms with Gasteiger partial charge in [-0.05, 0) is 35.2 Å². The molecule has 156 valence electrons. The number of aliphatic imine (C=N–C) groups is 1. The molecule has 0 bridgehead atoms. The van der Waals surface area contributed by atoms with Crippen LogP contribution in [0.1, 0.15) is 16.7 Å². The average molecular weight is 512 g/mol. The van der Waals surface area contributed by atoms with Crippen molar-refractivity contribution in [3.05, 3.63) is 63.2 Å². The van der Waals surface area contributed by atoms with E-state index >= 15 is 0 Å². The number of hydrogen-bond donors (Lipinski definition) is 1. The maximum atomic E-state index is 10.8. The predicted octanol–water partition coefficient (Wildman–Crippen LogP) is 3.36. The molecular formula is C20H25IN4O4. The van der Waals surface area contributed by atoms with E-state index in [4.69, 9.17) is 9.47 Å². The van der Waals surface area contributed by atoms with Gasteiger partial charge in [-0.3, -0.25) is 15.1 Å². The third-order valence-electron chi connectivity index (χ3n) is 4.83. The van der Waals surface area contributed by atoms with Crippen molar-refractivity contribution in [3.8, 4) is 11.5 Å². The molecule has 1 heterocycles. The minimum absolute atomic E-state index is 0. The molecule has 0 unspecified atom stereocenters. The Morgan fingerprint density at radius 3 is 2.34 bits per heavy atom. The molecule has 8 nitrogen and oxygen atoms in total. The number of halogens is 1. The lowest BCUT2D eigenvalue weighted by Crippen LogP contribution is -2.43. The van der Waals surface area contributed by atoms with Gasteiger partial charge in [0.25, 0.3) is 5.69 Å². The summed E-state index contributed by atoms with van der Waals surface area (Å²) in [7, 11) is 5.03. The fourth-order valence-corrected chi connectivity index (χ4v) is 3.31. The van der Waals surface area contributed by atoms with Crippen LogP contribution in [0.4, 0.5) is 5.69 Å². The lowest BCUT2D eigenvalue weighted by Gasteiger charge is -2.32. The number of nitrogens with one attached hydrogen (secondary N) is 1. The summed E-state index contributed by atoms with van der Waals surface area (Å²) in [6.45, 7) is 2.10. The van der Waals surface area contributed by atoms with E-state index in [0.29, 0.717) is 6.54 Å². The fraction of sp³-hybridized carbons (Fsp3) is 0.350. The average Bonchev–Trinajstić information content (AvgIpc) is 2.73. The number of nitro benzene ring substituents is 1. The highest BCUT2D eigenvalue weighted by molar-refractivity contribution is 14.0. The second kappa shape index (κ2) is 10.3. The topological polar surface area (TPSA) is 89.2 Å². The molecule has 1 N–H and O–H groups in total. The zero-order valence-electron chi connectivity index (χ0n) is 16.7. The highest BCUT2D eigenvalue weighted by Crippen LogP contribution is 2.33. The number of benzene rings is 2. The summed E-state index contributed by atoms with van der Waals surface area (Å²) in [6.07, 6.45) is 0.883. The maximum absolute atomic E-state index is 10.8. The summed E-state index contributed by atoms with van der Waals surface area (Å²) in [4.78, 5) is 16.9. The third kappa shape index (κ3) is 5.28. The Bertz CT molecular complexity index is 887. The number of guanidine groups is 1. The Morgan fingerprint density at radius 2 is 1.79 bits per heavy atom. The van der Waals surface area contributed by atoms with Gasteiger partial charge in [0.05, 0.1) is 19.1 Å². The first-order valence-corrected chi connectivity index (χ1v) is 8.98. The first-order chi connectivity index (χ1) is 13.5. The van der Waals surface area contributed by atoms with Gasteiger partial charge in [0.1, 0.15) is 0 Å². The standard InChI is InChI=1S/C20H24N4O4.HI/c1-21-20(22-12-14-4-6-17(7-5-14)24(25)26)23-9-8-15-10-18(27-2)19(28-3)11-16(15)13-23;/h4-7,10-11H,8-9,12-13H2,1-3H3,(H,21,22);1H. The molecule has 0 aliphatic carbocycles. The van der Waals surface area contributed by atoms with Crippen LogP contribution >= 0.6 is 24.0 Å². The third-order valence-corrected chi connectivity index (χ3v) is 4.83. The largest absolute Gasteiger partial charge is 0.493 e. The Morgan fingerprint density at radius 1 is 1.17 bits per heavy atom. The number of fused-ring (bicyclic) bond motifs is 1. The lowest BCUT2D eigenvalue weighted by molar-refractivity contribution is -0.384. The first kappa shape index (κ1) is 22.7. The molecule has 2 aromatic rings. The van der Waals surface area contributed by atoms with Crippen LogP contribution in [0.3, 0.4) is 0 Å². The van der Waals surface area contributed by atoms with E-state index in [2.05, 4.69) is 15.2 Å². The SMILES string of the molecule is CN=C(NCc1ccc([N+](=O)[O-])cc1)N1CCc2cc(OC)c(OC)cc2C1.I. The van der Waals surface area contributed by atoms with E-state index in [1.54, 1.807) is 33.4 Å². The summed E-state index contributed by atoms with van der Waals surface area (Å²) < 4.78 is 10.8. The van der Waals surface area contributed by atoms with E-state index in [1.807, 2.05) is 12.1 Å². The van der Waals surface area contributed by atoms with Gasteiger partial charge in [-0.15, -0.1) is 24.0 Å². The first-order valence-electron chi connectivity index (χ1n) is 8.98. The van der Waals surface area contributed by atoms with Crippen LogP contribution in [0.2, 0.25) is 0 Å². The lowest BCUT2D eigenvalue weighted by atomic mass is 9.99. The van der Waals surface area contributed by atoms with Crippen molar-refractivity contribution < 1.29 is 14.4 Å². The van der Waals surface area contributed by atoms with Crippen molar-refractivity contribution in [2.75, 3.05) is 27.8 Å². The Balaban J connectivity index is 0.00000300. The summed E-state index contributed by atoms with van der Waals surface area (Å²) in [5, 5.41) is 14.1. The summed E-state index contributed by atoms with van der Waals surface area (Å²) in [5.74, 6) is 2.26. The van der Waals surface area contributed by atoms with Gasteiger partial charge in [0.15, 0.2) is 17.5 Å². The number of nitro groups is 1. The molecule has 29 heavy (non-hydrogen) atoms. The summed E-state index contributed by atoms with van der Waals surface area (Å²) in [5.41, 5.74) is 3.47. The smallest absolute Gasteiger partial charge is 0.269 e. The van der Waals surface area contributed by atoms with Gasteiger partial charge in [-0.2, -0.15) is 0 Å². The van der Waals surface area contributed by atoms with Crippen molar-refractivity contribution >= 4 is 35.6 Å². The molecule has 0 radical (unpaired) electrons. The molecule has 0 saturated carbocycles. The number of methoxy groups -OCH3 is 2. The van der Waals surface area contributed by atoms with Crippen LogP contribution in [0.5, 0.6) is 11.5 Å². The molecule has 0 fully saturated rings. The Hall–Kier alpha value is -2.56. The minimum atomic E-state index is -0.398. The highest BCUT2D eigenvalue weighted by Gasteiger charge is 2.21. The molecule has 3 rings (SSSR count). The van der Waals surface area contributed by atoms with Crippen LogP contribution in [0.25, 0.3) is 0 Å². The molecule has 1 aliphatic heterocycles. The van der Waals surface area contributed by atoms with Crippen LogP contribution < -0.4 is 14.8 Å². The van der Waals surface area contributed by atoms with Gasteiger partial charge in [-0.25, -0.2) is 0 Å². The maximum Gasteiger partial charge on any atom is 0.269 e. The molecule has 0 atom stereocenters. The van der Waals surface area contributed by atoms with Crippen molar-refractivity contribution in [2.45, 2.75) is 19.5 Å². The van der Waals surface area contributed by atoms with Crippen LogP contribution in [-0.2, 0) is 19.5 Å². The molecule has 0 aromatic heterocycles. The van der Waals surface area contributed by atoms with E-state index in [9.17, 15) is 10.1 Å². The molecule has 0 spiro atoms. The second-order valence-corrected chi connectivity index (χ2v) is 6.47. The zero-order chi connectivity index (χ0) is 20.1. The minimum Gasteiger partial charge on any atom is -0.493 e. The van der Waals surface area contributed by atoms with E-state index in [1.165, 1.54) is 23.3 Å². The van der Waals surface area contributed by atoms with Crippen molar-refractivity contribution in [3.63, 3.8) is 0 Å². The van der Waals surface area contributed by atoms with E-state index in [0.717, 1.165) is 42.5 Å². The van der Waals surface area contributed by atoms with Crippen LogP contribution in [0, 0.1) is 10.1 Å². The summed E-state index contributed by atoms with van der Waals surface area (Å²) in [6, 6.07) is 10.6. The highest BCUT2D eigenvalue weighted by atomic mass is 127. The van der Waals surface area contributed by atoms with Crippen LogP contribution in [0.15, 0.2) is 41.4 Å². The molecule has 1 aliphatic rings. The number of hydrogen-bond acceptors (Lipinski definition) is 5. The van der Waals surface area contributed by atoms with Gasteiger partial charge in [0.2, 0.25) is 0 Å². The fourth-order valence-electron chi connectivity index (χ4n) is 3.31. The number of rotatable bonds is 5. The molecular weight excluding hydrogens is 487 g/mol. The van der Waals surface area contributed by atoms with Gasteiger partial charge < -0.3 is 19.7 Å². The second-order valence-electron chi connectivity index (χ2n) is 6.47. The number of non-ortho nitro benzene ring substituents is 1. The van der Waals surface area contributed by atoms with Gasteiger partial charge in [0, 0.05) is 38.8 Å². The van der Waals surface area contributed by atoms with Gasteiger partial charge >= 0.3 is 0 Å². The zero-order valence-corrected chi connectivity index (χ0v) is 19.0. The molecule has 0 saturated heterocycles. The van der Waals surface area contributed by atoms with Crippen molar-refractivity contribution in [1.29, 1.82) is 0 Å². The number of nitrogens with zero attached hydrogens (tertiary/aromatic N) is 3. The van der Waals surface area contributed by atoms with Crippen molar-refractivity contribution in [2.24, 2.45) is 4.99 Å². The molecule has 0 amide bonds. The normalized spacial score (nSPS) is 13.2. The quantitative estimate of drug-likeness (QED) is 0.217. The van der Waals surface area contributed by atoms with Crippen molar-refractivity contribution in [1.82, 2.24) is 10.2 Å². The Labute approximate surface area is 187 Å².